The minimum atomic E-state index is -0.219. The van der Waals surface area contributed by atoms with E-state index in [-0.39, 0.29) is 11.9 Å². The highest BCUT2D eigenvalue weighted by Gasteiger charge is 2.14. The molecule has 2 nitrogen and oxygen atoms in total. The normalized spacial score (nSPS) is 12.0. The first-order chi connectivity index (χ1) is 9.47. The number of benzene rings is 2. The Balaban J connectivity index is 2.17. The van der Waals surface area contributed by atoms with E-state index < -0.39 is 0 Å². The van der Waals surface area contributed by atoms with Gasteiger partial charge >= 0.3 is 0 Å². The molecule has 0 bridgehead atoms. The van der Waals surface area contributed by atoms with Crippen LogP contribution in [-0.2, 0) is 0 Å². The summed E-state index contributed by atoms with van der Waals surface area (Å²) in [6.45, 7) is 1.90. The lowest BCUT2D eigenvalue weighted by Gasteiger charge is -2.15. The maximum atomic E-state index is 12.2. The molecule has 0 saturated heterocycles. The molecule has 0 aliphatic rings. The molecule has 0 heterocycles. The SMILES string of the molecule is CC(NC(=O)c1cc(Br)ccc1Cl)c1cccc(Cl)c1. The summed E-state index contributed by atoms with van der Waals surface area (Å²) in [6, 6.07) is 12.4. The van der Waals surface area contributed by atoms with Crippen LogP contribution in [0.25, 0.3) is 0 Å². The van der Waals surface area contributed by atoms with Gasteiger partial charge in [-0.25, -0.2) is 0 Å². The zero-order valence-corrected chi connectivity index (χ0v) is 13.8. The molecule has 2 aromatic rings. The molecule has 1 N–H and O–H groups in total. The summed E-state index contributed by atoms with van der Waals surface area (Å²) in [4.78, 5) is 12.2. The summed E-state index contributed by atoms with van der Waals surface area (Å²) in [5, 5.41) is 3.97. The van der Waals surface area contributed by atoms with Gasteiger partial charge < -0.3 is 5.32 Å². The Labute approximate surface area is 136 Å². The minimum Gasteiger partial charge on any atom is -0.345 e. The highest BCUT2D eigenvalue weighted by atomic mass is 79.9. The van der Waals surface area contributed by atoms with Crippen molar-refractivity contribution >= 4 is 45.0 Å². The number of nitrogens with one attached hydrogen (secondary N) is 1. The molecular formula is C15H12BrCl2NO. The number of amides is 1. The van der Waals surface area contributed by atoms with Crippen molar-refractivity contribution in [2.24, 2.45) is 0 Å². The number of hydrogen-bond acceptors (Lipinski definition) is 1. The highest BCUT2D eigenvalue weighted by molar-refractivity contribution is 9.10. The van der Waals surface area contributed by atoms with Crippen molar-refractivity contribution in [2.75, 3.05) is 0 Å². The predicted molar refractivity (Wildman–Crippen MR) is 86.5 cm³/mol. The van der Waals surface area contributed by atoms with Gasteiger partial charge in [-0.3, -0.25) is 4.79 Å². The Morgan fingerprint density at radius 2 is 1.95 bits per heavy atom. The van der Waals surface area contributed by atoms with Gasteiger partial charge in [-0.1, -0.05) is 51.3 Å². The fraction of sp³-hybridized carbons (Fsp3) is 0.133. The Morgan fingerprint density at radius 3 is 2.65 bits per heavy atom. The van der Waals surface area contributed by atoms with Crippen LogP contribution in [0.15, 0.2) is 46.9 Å². The van der Waals surface area contributed by atoms with Gasteiger partial charge in [0, 0.05) is 9.50 Å². The number of hydrogen-bond donors (Lipinski definition) is 1. The molecule has 0 aromatic heterocycles. The van der Waals surface area contributed by atoms with E-state index in [2.05, 4.69) is 21.2 Å². The van der Waals surface area contributed by atoms with Gasteiger partial charge in [0.25, 0.3) is 5.91 Å². The number of rotatable bonds is 3. The van der Waals surface area contributed by atoms with Gasteiger partial charge in [0.2, 0.25) is 0 Å². The zero-order chi connectivity index (χ0) is 14.7. The molecule has 0 saturated carbocycles. The first kappa shape index (κ1) is 15.4. The van der Waals surface area contributed by atoms with Crippen LogP contribution in [0.1, 0.15) is 28.9 Å². The summed E-state index contributed by atoms with van der Waals surface area (Å²) in [7, 11) is 0. The second kappa shape index (κ2) is 6.61. The molecule has 1 amide bonds. The maximum Gasteiger partial charge on any atom is 0.253 e. The van der Waals surface area contributed by atoms with Gasteiger partial charge in [0.1, 0.15) is 0 Å². The second-order valence-electron chi connectivity index (χ2n) is 4.37. The lowest BCUT2D eigenvalue weighted by atomic mass is 10.1. The van der Waals surface area contributed by atoms with Crippen LogP contribution in [0.4, 0.5) is 0 Å². The van der Waals surface area contributed by atoms with Crippen molar-refractivity contribution in [1.82, 2.24) is 5.32 Å². The van der Waals surface area contributed by atoms with Crippen molar-refractivity contribution in [3.8, 4) is 0 Å². The van der Waals surface area contributed by atoms with Crippen molar-refractivity contribution in [3.05, 3.63) is 68.1 Å². The van der Waals surface area contributed by atoms with Crippen molar-refractivity contribution < 1.29 is 4.79 Å². The van der Waals surface area contributed by atoms with Crippen LogP contribution in [0.3, 0.4) is 0 Å². The Kier molecular flexibility index (Phi) is 5.08. The van der Waals surface area contributed by atoms with E-state index in [1.807, 2.05) is 25.1 Å². The summed E-state index contributed by atoms with van der Waals surface area (Å²) in [6.07, 6.45) is 0. The maximum absolute atomic E-state index is 12.2. The smallest absolute Gasteiger partial charge is 0.253 e. The molecule has 1 atom stereocenters. The fourth-order valence-electron chi connectivity index (χ4n) is 1.81. The zero-order valence-electron chi connectivity index (χ0n) is 10.7. The van der Waals surface area contributed by atoms with Gasteiger partial charge in [-0.05, 0) is 42.8 Å². The number of carbonyl (C=O) groups excluding carboxylic acids is 1. The third kappa shape index (κ3) is 3.75. The topological polar surface area (TPSA) is 29.1 Å². The van der Waals surface area contributed by atoms with Crippen LogP contribution in [-0.4, -0.2) is 5.91 Å². The van der Waals surface area contributed by atoms with Crippen molar-refractivity contribution in [3.63, 3.8) is 0 Å². The number of halogens is 3. The first-order valence-electron chi connectivity index (χ1n) is 5.99. The van der Waals surface area contributed by atoms with E-state index in [1.54, 1.807) is 24.3 Å². The molecule has 0 radical (unpaired) electrons. The number of carbonyl (C=O) groups is 1. The lowest BCUT2D eigenvalue weighted by Crippen LogP contribution is -2.26. The van der Waals surface area contributed by atoms with Gasteiger partial charge in [0.05, 0.1) is 16.6 Å². The van der Waals surface area contributed by atoms with Crippen LogP contribution in [0, 0.1) is 0 Å². The Bertz CT molecular complexity index is 646. The van der Waals surface area contributed by atoms with E-state index in [0.29, 0.717) is 15.6 Å². The van der Waals surface area contributed by atoms with Crippen molar-refractivity contribution in [1.29, 1.82) is 0 Å². The summed E-state index contributed by atoms with van der Waals surface area (Å²) in [5.41, 5.74) is 1.38. The Hall–Kier alpha value is -1.03. The molecule has 0 spiro atoms. The highest BCUT2D eigenvalue weighted by Crippen LogP contribution is 2.23. The third-order valence-electron chi connectivity index (χ3n) is 2.87. The molecule has 1 unspecified atom stereocenters. The largest absolute Gasteiger partial charge is 0.345 e. The van der Waals surface area contributed by atoms with E-state index in [9.17, 15) is 4.79 Å². The molecule has 2 aromatic carbocycles. The second-order valence-corrected chi connectivity index (χ2v) is 6.13. The summed E-state index contributed by atoms with van der Waals surface area (Å²) < 4.78 is 0.808. The summed E-state index contributed by atoms with van der Waals surface area (Å²) >= 11 is 15.3. The average molecular weight is 373 g/mol. The molecule has 5 heteroatoms. The molecule has 0 fully saturated rings. The van der Waals surface area contributed by atoms with E-state index in [4.69, 9.17) is 23.2 Å². The molecule has 104 valence electrons. The fourth-order valence-corrected chi connectivity index (χ4v) is 2.57. The van der Waals surface area contributed by atoms with Crippen LogP contribution < -0.4 is 5.32 Å². The quantitative estimate of drug-likeness (QED) is 0.783. The molecule has 0 aliphatic carbocycles. The van der Waals surface area contributed by atoms with Crippen molar-refractivity contribution in [2.45, 2.75) is 13.0 Å². The standard InChI is InChI=1S/C15H12BrCl2NO/c1-9(10-3-2-4-12(17)7-10)19-15(20)13-8-11(16)5-6-14(13)18/h2-9H,1H3,(H,19,20). The Morgan fingerprint density at radius 1 is 1.20 bits per heavy atom. The van der Waals surface area contributed by atoms with E-state index in [0.717, 1.165) is 10.0 Å². The molecule has 0 aliphatic heterocycles. The van der Waals surface area contributed by atoms with Crippen LogP contribution in [0.5, 0.6) is 0 Å². The molecule has 20 heavy (non-hydrogen) atoms. The predicted octanol–water partition coefficient (Wildman–Crippen LogP) is 5.25. The average Bonchev–Trinajstić information content (AvgIpc) is 2.41. The molecular weight excluding hydrogens is 361 g/mol. The lowest BCUT2D eigenvalue weighted by molar-refractivity contribution is 0.0940. The van der Waals surface area contributed by atoms with Gasteiger partial charge in [-0.2, -0.15) is 0 Å². The molecule has 2 rings (SSSR count). The third-order valence-corrected chi connectivity index (χ3v) is 3.93. The monoisotopic (exact) mass is 371 g/mol. The van der Waals surface area contributed by atoms with Gasteiger partial charge in [-0.15, -0.1) is 0 Å². The van der Waals surface area contributed by atoms with E-state index in [1.165, 1.54) is 0 Å². The first-order valence-corrected chi connectivity index (χ1v) is 7.53. The van der Waals surface area contributed by atoms with Crippen LogP contribution >= 0.6 is 39.1 Å². The van der Waals surface area contributed by atoms with Gasteiger partial charge in [0.15, 0.2) is 0 Å². The van der Waals surface area contributed by atoms with E-state index >= 15 is 0 Å². The minimum absolute atomic E-state index is 0.156. The van der Waals surface area contributed by atoms with Crippen LogP contribution in [0.2, 0.25) is 10.0 Å². The summed E-state index contributed by atoms with van der Waals surface area (Å²) in [5.74, 6) is -0.219.